The number of amides is 1. The second-order valence-electron chi connectivity index (χ2n) is 5.81. The number of nitrogens with zero attached hydrogens (tertiary/aromatic N) is 3. The minimum Gasteiger partial charge on any atom is -0.497 e. The van der Waals surface area contributed by atoms with Crippen LogP contribution >= 0.6 is 22.9 Å². The van der Waals surface area contributed by atoms with Crippen molar-refractivity contribution < 1.29 is 14.3 Å². The third kappa shape index (κ3) is 3.51. The summed E-state index contributed by atoms with van der Waals surface area (Å²) in [5.74, 6) is 0.902. The molecule has 2 aromatic heterocycles. The van der Waals surface area contributed by atoms with E-state index >= 15 is 0 Å². The van der Waals surface area contributed by atoms with E-state index in [-0.39, 0.29) is 11.9 Å². The number of carbonyl (C=O) groups is 1. The van der Waals surface area contributed by atoms with Crippen LogP contribution in [0.2, 0.25) is 5.02 Å². The summed E-state index contributed by atoms with van der Waals surface area (Å²) in [6.45, 7) is 0. The summed E-state index contributed by atoms with van der Waals surface area (Å²) in [4.78, 5) is 17.7. The van der Waals surface area contributed by atoms with Crippen LogP contribution in [0.5, 0.6) is 11.5 Å². The van der Waals surface area contributed by atoms with Gasteiger partial charge in [-0.1, -0.05) is 23.7 Å². The number of methoxy groups -OCH3 is 2. The Morgan fingerprint density at radius 1 is 1.11 bits per heavy atom. The predicted molar refractivity (Wildman–Crippen MR) is 109 cm³/mol. The summed E-state index contributed by atoms with van der Waals surface area (Å²) >= 11 is 7.39. The summed E-state index contributed by atoms with van der Waals surface area (Å²) in [5, 5.41) is 9.75. The van der Waals surface area contributed by atoms with E-state index in [2.05, 4.69) is 15.4 Å². The Hall–Kier alpha value is -3.10. The molecule has 28 heavy (non-hydrogen) atoms. The number of thiazole rings is 1. The molecule has 0 unspecified atom stereocenters. The molecule has 0 atom stereocenters. The van der Waals surface area contributed by atoms with Gasteiger partial charge in [-0.05, 0) is 24.3 Å². The minimum absolute atomic E-state index is 0.217. The predicted octanol–water partition coefficient (Wildman–Crippen LogP) is 4.38. The van der Waals surface area contributed by atoms with Crippen molar-refractivity contribution in [3.63, 3.8) is 0 Å². The van der Waals surface area contributed by atoms with Crippen LogP contribution in [-0.2, 0) is 0 Å². The molecule has 0 bridgehead atoms. The lowest BCUT2D eigenvalue weighted by molar-refractivity contribution is 0.102. The minimum atomic E-state index is -0.358. The van der Waals surface area contributed by atoms with Crippen molar-refractivity contribution >= 4 is 39.8 Å². The molecule has 1 amide bonds. The van der Waals surface area contributed by atoms with Gasteiger partial charge in [0.25, 0.3) is 11.9 Å². The molecule has 0 aliphatic carbocycles. The van der Waals surface area contributed by atoms with Gasteiger partial charge in [-0.15, -0.1) is 16.4 Å². The Kier molecular flexibility index (Phi) is 4.89. The van der Waals surface area contributed by atoms with E-state index in [9.17, 15) is 4.79 Å². The molecule has 0 aliphatic rings. The number of halogens is 1. The molecule has 0 radical (unpaired) electrons. The molecule has 2 aromatic carbocycles. The van der Waals surface area contributed by atoms with Gasteiger partial charge in [0.1, 0.15) is 11.5 Å². The lowest BCUT2D eigenvalue weighted by Crippen LogP contribution is -2.13. The van der Waals surface area contributed by atoms with Gasteiger partial charge in [0.05, 0.1) is 19.9 Å². The van der Waals surface area contributed by atoms with E-state index in [0.717, 1.165) is 11.3 Å². The smallest absolute Gasteiger partial charge is 0.258 e. The SMILES string of the molecule is COc1cc(OC)cc(C(=O)Nc2nc3scc(-c4ccc(Cl)cc4)n3n2)c1. The first-order valence-corrected chi connectivity index (χ1v) is 9.48. The molecule has 0 fully saturated rings. The molecule has 0 spiro atoms. The zero-order valence-electron chi connectivity index (χ0n) is 15.0. The number of rotatable bonds is 5. The van der Waals surface area contributed by atoms with Gasteiger partial charge in [0.15, 0.2) is 0 Å². The molecular weight excluding hydrogens is 400 g/mol. The Balaban J connectivity index is 1.62. The fourth-order valence-corrected chi connectivity index (χ4v) is 3.62. The van der Waals surface area contributed by atoms with Crippen molar-refractivity contribution in [2.45, 2.75) is 0 Å². The molecule has 0 aliphatic heterocycles. The van der Waals surface area contributed by atoms with Crippen molar-refractivity contribution in [2.75, 3.05) is 19.5 Å². The van der Waals surface area contributed by atoms with Crippen LogP contribution in [0.15, 0.2) is 47.8 Å². The second-order valence-corrected chi connectivity index (χ2v) is 7.09. The number of carbonyl (C=O) groups excluding carboxylic acids is 1. The monoisotopic (exact) mass is 414 g/mol. The number of nitrogens with one attached hydrogen (secondary N) is 1. The Morgan fingerprint density at radius 2 is 1.79 bits per heavy atom. The zero-order chi connectivity index (χ0) is 19.7. The molecule has 4 aromatic rings. The average molecular weight is 415 g/mol. The van der Waals surface area contributed by atoms with Crippen LogP contribution in [0.4, 0.5) is 5.95 Å². The van der Waals surface area contributed by atoms with E-state index in [1.165, 1.54) is 25.6 Å². The number of hydrogen-bond acceptors (Lipinski definition) is 6. The van der Waals surface area contributed by atoms with Crippen LogP contribution in [0.25, 0.3) is 16.2 Å². The number of hydrogen-bond donors (Lipinski definition) is 1. The van der Waals surface area contributed by atoms with Crippen LogP contribution in [0.3, 0.4) is 0 Å². The summed E-state index contributed by atoms with van der Waals surface area (Å²) in [5.41, 5.74) is 2.20. The first-order valence-electron chi connectivity index (χ1n) is 8.22. The lowest BCUT2D eigenvalue weighted by atomic mass is 10.2. The molecule has 0 saturated heterocycles. The summed E-state index contributed by atoms with van der Waals surface area (Å²) in [7, 11) is 3.06. The first kappa shape index (κ1) is 18.3. The van der Waals surface area contributed by atoms with Crippen molar-refractivity contribution in [1.82, 2.24) is 14.6 Å². The highest BCUT2D eigenvalue weighted by atomic mass is 35.5. The summed E-state index contributed by atoms with van der Waals surface area (Å²) in [6.07, 6.45) is 0. The number of ether oxygens (including phenoxy) is 2. The third-order valence-corrected chi connectivity index (χ3v) is 5.13. The molecule has 2 heterocycles. The molecule has 4 rings (SSSR count). The van der Waals surface area contributed by atoms with Crippen molar-refractivity contribution in [3.8, 4) is 22.8 Å². The molecule has 0 saturated carbocycles. The zero-order valence-corrected chi connectivity index (χ0v) is 16.5. The first-order chi connectivity index (χ1) is 13.6. The summed E-state index contributed by atoms with van der Waals surface area (Å²) < 4.78 is 12.1. The highest BCUT2D eigenvalue weighted by Gasteiger charge is 2.15. The highest BCUT2D eigenvalue weighted by molar-refractivity contribution is 7.15. The van der Waals surface area contributed by atoms with Crippen molar-refractivity contribution in [3.05, 3.63) is 58.4 Å². The maximum Gasteiger partial charge on any atom is 0.258 e. The standard InChI is InChI=1S/C19H15ClN4O3S/c1-26-14-7-12(8-15(9-14)27-2)17(25)21-18-22-19-24(23-18)16(10-28-19)11-3-5-13(20)6-4-11/h3-10H,1-2H3,(H,21,23,25). The van der Waals surface area contributed by atoms with Gasteiger partial charge < -0.3 is 9.47 Å². The third-order valence-electron chi connectivity index (χ3n) is 4.06. The second kappa shape index (κ2) is 7.49. The molecular formula is C19H15ClN4O3S. The van der Waals surface area contributed by atoms with Crippen LogP contribution in [0.1, 0.15) is 10.4 Å². The molecule has 142 valence electrons. The maximum atomic E-state index is 12.6. The van der Waals surface area contributed by atoms with Crippen molar-refractivity contribution in [2.24, 2.45) is 0 Å². The molecule has 1 N–H and O–H groups in total. The van der Waals surface area contributed by atoms with E-state index in [0.29, 0.717) is 27.0 Å². The number of anilines is 1. The van der Waals surface area contributed by atoms with E-state index in [1.807, 2.05) is 29.6 Å². The fourth-order valence-electron chi connectivity index (χ4n) is 2.67. The number of benzene rings is 2. The maximum absolute atomic E-state index is 12.6. The normalized spacial score (nSPS) is 10.8. The van der Waals surface area contributed by atoms with Crippen LogP contribution < -0.4 is 14.8 Å². The van der Waals surface area contributed by atoms with Gasteiger partial charge in [-0.3, -0.25) is 10.1 Å². The highest BCUT2D eigenvalue weighted by Crippen LogP contribution is 2.27. The van der Waals surface area contributed by atoms with Gasteiger partial charge >= 0.3 is 0 Å². The van der Waals surface area contributed by atoms with E-state index < -0.39 is 0 Å². The number of aromatic nitrogens is 3. The fraction of sp³-hybridized carbons (Fsp3) is 0.105. The van der Waals surface area contributed by atoms with Gasteiger partial charge in [-0.2, -0.15) is 4.98 Å². The molecule has 7 nitrogen and oxygen atoms in total. The van der Waals surface area contributed by atoms with Gasteiger partial charge in [0.2, 0.25) is 4.96 Å². The Labute approximate surface area is 169 Å². The van der Waals surface area contributed by atoms with Gasteiger partial charge in [-0.25, -0.2) is 4.52 Å². The van der Waals surface area contributed by atoms with E-state index in [1.54, 1.807) is 22.7 Å². The number of fused-ring (bicyclic) bond motifs is 1. The molecule has 9 heteroatoms. The van der Waals surface area contributed by atoms with Crippen LogP contribution in [-0.4, -0.2) is 34.7 Å². The van der Waals surface area contributed by atoms with E-state index in [4.69, 9.17) is 21.1 Å². The Bertz CT molecular complexity index is 1130. The topological polar surface area (TPSA) is 77.8 Å². The Morgan fingerprint density at radius 3 is 2.43 bits per heavy atom. The van der Waals surface area contributed by atoms with Crippen molar-refractivity contribution in [1.29, 1.82) is 0 Å². The quantitative estimate of drug-likeness (QED) is 0.524. The average Bonchev–Trinajstić information content (AvgIpc) is 3.28. The van der Waals surface area contributed by atoms with Gasteiger partial charge in [0, 0.05) is 27.6 Å². The lowest BCUT2D eigenvalue weighted by Gasteiger charge is -2.07. The van der Waals surface area contributed by atoms with Crippen LogP contribution in [0, 0.1) is 0 Å². The summed E-state index contributed by atoms with van der Waals surface area (Å²) in [6, 6.07) is 12.4. The largest absolute Gasteiger partial charge is 0.497 e.